The summed E-state index contributed by atoms with van der Waals surface area (Å²) in [5.74, 6) is 1.97. The van der Waals surface area contributed by atoms with Crippen LogP contribution >= 0.6 is 0 Å². The molecule has 1 N–H and O–H groups in total. The van der Waals surface area contributed by atoms with Crippen LogP contribution in [0.3, 0.4) is 0 Å². The lowest BCUT2D eigenvalue weighted by atomic mass is 9.85. The van der Waals surface area contributed by atoms with Crippen molar-refractivity contribution >= 4 is 5.91 Å². The average molecular weight is 167 g/mol. The van der Waals surface area contributed by atoms with Gasteiger partial charge in [0, 0.05) is 13.0 Å². The third-order valence-electron chi connectivity index (χ3n) is 3.37. The Labute approximate surface area is 73.7 Å². The normalized spacial score (nSPS) is 32.0. The first kappa shape index (κ1) is 8.09. The molecule has 1 aliphatic heterocycles. The van der Waals surface area contributed by atoms with Gasteiger partial charge < -0.3 is 5.32 Å². The van der Waals surface area contributed by atoms with Gasteiger partial charge in [0.25, 0.3) is 0 Å². The topological polar surface area (TPSA) is 29.1 Å². The highest BCUT2D eigenvalue weighted by Gasteiger charge is 2.27. The SMILES string of the molecule is O=C1CCC(C2CCCC2)CN1. The molecule has 0 aromatic carbocycles. The first-order chi connectivity index (χ1) is 5.86. The van der Waals surface area contributed by atoms with Crippen molar-refractivity contribution < 1.29 is 4.79 Å². The Morgan fingerprint density at radius 2 is 1.83 bits per heavy atom. The van der Waals surface area contributed by atoms with E-state index < -0.39 is 0 Å². The van der Waals surface area contributed by atoms with Crippen LogP contribution in [0.25, 0.3) is 0 Å². The van der Waals surface area contributed by atoms with E-state index in [0.29, 0.717) is 0 Å². The summed E-state index contributed by atoms with van der Waals surface area (Å²) in [5, 5.41) is 2.97. The lowest BCUT2D eigenvalue weighted by Gasteiger charge is -2.27. The van der Waals surface area contributed by atoms with Gasteiger partial charge in [-0.05, 0) is 18.3 Å². The minimum Gasteiger partial charge on any atom is -0.356 e. The van der Waals surface area contributed by atoms with Gasteiger partial charge >= 0.3 is 0 Å². The summed E-state index contributed by atoms with van der Waals surface area (Å²) in [5.41, 5.74) is 0. The van der Waals surface area contributed by atoms with E-state index in [0.717, 1.165) is 31.2 Å². The molecule has 2 fully saturated rings. The van der Waals surface area contributed by atoms with Crippen molar-refractivity contribution in [3.8, 4) is 0 Å². The molecule has 2 rings (SSSR count). The van der Waals surface area contributed by atoms with E-state index in [1.807, 2.05) is 0 Å². The third-order valence-corrected chi connectivity index (χ3v) is 3.37. The summed E-state index contributed by atoms with van der Waals surface area (Å²) in [4.78, 5) is 10.9. The van der Waals surface area contributed by atoms with Crippen LogP contribution in [0.5, 0.6) is 0 Å². The molecule has 0 aromatic heterocycles. The van der Waals surface area contributed by atoms with Crippen molar-refractivity contribution in [2.24, 2.45) is 11.8 Å². The molecule has 2 nitrogen and oxygen atoms in total. The fourth-order valence-corrected chi connectivity index (χ4v) is 2.58. The molecule has 1 unspecified atom stereocenters. The predicted octanol–water partition coefficient (Wildman–Crippen LogP) is 1.70. The molecular weight excluding hydrogens is 150 g/mol. The molecule has 0 bridgehead atoms. The molecule has 2 heteroatoms. The molecule has 1 saturated carbocycles. The molecule has 1 heterocycles. The van der Waals surface area contributed by atoms with Crippen molar-refractivity contribution in [3.63, 3.8) is 0 Å². The van der Waals surface area contributed by atoms with E-state index >= 15 is 0 Å². The maximum absolute atomic E-state index is 10.9. The number of amides is 1. The van der Waals surface area contributed by atoms with Crippen LogP contribution in [-0.4, -0.2) is 12.5 Å². The fourth-order valence-electron chi connectivity index (χ4n) is 2.58. The number of nitrogens with one attached hydrogen (secondary N) is 1. The molecule has 0 spiro atoms. The lowest BCUT2D eigenvalue weighted by Crippen LogP contribution is -2.37. The van der Waals surface area contributed by atoms with Gasteiger partial charge in [0.15, 0.2) is 0 Å². The predicted molar refractivity (Wildman–Crippen MR) is 47.7 cm³/mol. The van der Waals surface area contributed by atoms with Crippen molar-refractivity contribution in [1.82, 2.24) is 5.32 Å². The van der Waals surface area contributed by atoms with E-state index in [2.05, 4.69) is 5.32 Å². The molecule has 0 aromatic rings. The van der Waals surface area contributed by atoms with Crippen molar-refractivity contribution in [1.29, 1.82) is 0 Å². The minimum absolute atomic E-state index is 0.254. The molecular formula is C10H17NO. The van der Waals surface area contributed by atoms with Gasteiger partial charge in [-0.1, -0.05) is 25.7 Å². The molecule has 68 valence electrons. The lowest BCUT2D eigenvalue weighted by molar-refractivity contribution is -0.123. The van der Waals surface area contributed by atoms with E-state index in [4.69, 9.17) is 0 Å². The molecule has 1 aliphatic carbocycles. The summed E-state index contributed by atoms with van der Waals surface area (Å²) >= 11 is 0. The highest BCUT2D eigenvalue weighted by Crippen LogP contribution is 2.34. The monoisotopic (exact) mass is 167 g/mol. The molecule has 0 radical (unpaired) electrons. The minimum atomic E-state index is 0.254. The summed E-state index contributed by atoms with van der Waals surface area (Å²) < 4.78 is 0. The van der Waals surface area contributed by atoms with Crippen molar-refractivity contribution in [2.45, 2.75) is 38.5 Å². The molecule has 1 saturated heterocycles. The van der Waals surface area contributed by atoms with Crippen LogP contribution in [0.1, 0.15) is 38.5 Å². The quantitative estimate of drug-likeness (QED) is 0.632. The zero-order chi connectivity index (χ0) is 8.39. The van der Waals surface area contributed by atoms with Crippen LogP contribution in [-0.2, 0) is 4.79 Å². The Morgan fingerprint density at radius 3 is 2.42 bits per heavy atom. The van der Waals surface area contributed by atoms with Gasteiger partial charge in [-0.3, -0.25) is 4.79 Å². The number of carbonyl (C=O) groups excluding carboxylic acids is 1. The summed E-state index contributed by atoms with van der Waals surface area (Å²) in [6, 6.07) is 0. The van der Waals surface area contributed by atoms with Crippen molar-refractivity contribution in [2.75, 3.05) is 6.54 Å². The maximum Gasteiger partial charge on any atom is 0.220 e. The summed E-state index contributed by atoms with van der Waals surface area (Å²) in [6.45, 7) is 0.948. The van der Waals surface area contributed by atoms with Crippen LogP contribution < -0.4 is 5.32 Å². The van der Waals surface area contributed by atoms with Crippen LogP contribution in [0, 0.1) is 11.8 Å². The van der Waals surface area contributed by atoms with Crippen LogP contribution in [0.15, 0.2) is 0 Å². The molecule has 1 atom stereocenters. The van der Waals surface area contributed by atoms with E-state index in [1.54, 1.807) is 0 Å². The Kier molecular flexibility index (Phi) is 2.33. The Hall–Kier alpha value is -0.530. The Bertz CT molecular complexity index is 163. The number of hydrogen-bond donors (Lipinski definition) is 1. The first-order valence-electron chi connectivity index (χ1n) is 5.13. The van der Waals surface area contributed by atoms with E-state index in [1.165, 1.54) is 25.7 Å². The largest absolute Gasteiger partial charge is 0.356 e. The van der Waals surface area contributed by atoms with Gasteiger partial charge in [-0.2, -0.15) is 0 Å². The standard InChI is InChI=1S/C10H17NO/c12-10-6-5-9(7-11-10)8-3-1-2-4-8/h8-9H,1-7H2,(H,11,12). The third kappa shape index (κ3) is 1.62. The highest BCUT2D eigenvalue weighted by molar-refractivity contribution is 5.76. The average Bonchev–Trinajstić information content (AvgIpc) is 2.58. The highest BCUT2D eigenvalue weighted by atomic mass is 16.1. The Morgan fingerprint density at radius 1 is 1.08 bits per heavy atom. The summed E-state index contributed by atoms with van der Waals surface area (Å²) in [6.07, 6.45) is 7.53. The van der Waals surface area contributed by atoms with Crippen molar-refractivity contribution in [3.05, 3.63) is 0 Å². The van der Waals surface area contributed by atoms with E-state index in [9.17, 15) is 4.79 Å². The fraction of sp³-hybridized carbons (Fsp3) is 0.900. The second-order valence-electron chi connectivity index (χ2n) is 4.15. The number of rotatable bonds is 1. The molecule has 12 heavy (non-hydrogen) atoms. The zero-order valence-corrected chi connectivity index (χ0v) is 7.51. The first-order valence-corrected chi connectivity index (χ1v) is 5.13. The van der Waals surface area contributed by atoms with Gasteiger partial charge in [0.05, 0.1) is 0 Å². The van der Waals surface area contributed by atoms with Gasteiger partial charge in [0.2, 0.25) is 5.91 Å². The smallest absolute Gasteiger partial charge is 0.220 e. The molecule has 2 aliphatic rings. The number of piperidine rings is 1. The number of carbonyl (C=O) groups is 1. The second kappa shape index (κ2) is 3.46. The second-order valence-corrected chi connectivity index (χ2v) is 4.15. The van der Waals surface area contributed by atoms with Crippen LogP contribution in [0.2, 0.25) is 0 Å². The Balaban J connectivity index is 1.84. The number of hydrogen-bond acceptors (Lipinski definition) is 1. The van der Waals surface area contributed by atoms with E-state index in [-0.39, 0.29) is 5.91 Å². The zero-order valence-electron chi connectivity index (χ0n) is 7.51. The molecule has 1 amide bonds. The van der Waals surface area contributed by atoms with Gasteiger partial charge in [0.1, 0.15) is 0 Å². The van der Waals surface area contributed by atoms with Gasteiger partial charge in [-0.15, -0.1) is 0 Å². The summed E-state index contributed by atoms with van der Waals surface area (Å²) in [7, 11) is 0. The maximum atomic E-state index is 10.9. The van der Waals surface area contributed by atoms with Crippen LogP contribution in [0.4, 0.5) is 0 Å². The van der Waals surface area contributed by atoms with Gasteiger partial charge in [-0.25, -0.2) is 0 Å².